The Hall–Kier alpha value is -4.88. The number of nitrogens with zero attached hydrogens (tertiary/aromatic N) is 11. The summed E-state index contributed by atoms with van der Waals surface area (Å²) in [5, 5.41) is 29.1. The van der Waals surface area contributed by atoms with Gasteiger partial charge in [0.15, 0.2) is 0 Å². The van der Waals surface area contributed by atoms with Crippen molar-refractivity contribution in [3.63, 3.8) is 0 Å². The Morgan fingerprint density at radius 2 is 0.833 bits per heavy atom. The molecule has 0 fully saturated rings. The number of hydrogen-bond acceptors (Lipinski definition) is 15. The van der Waals surface area contributed by atoms with Crippen LogP contribution in [-0.4, -0.2) is 70.5 Å². The van der Waals surface area contributed by atoms with Gasteiger partial charge in [-0.1, -0.05) is 228 Å². The summed E-state index contributed by atoms with van der Waals surface area (Å²) in [6, 6.07) is 0.428. The molecular formula is C65H135N17S2. The number of hydrogen-bond donors (Lipinski definition) is 6. The molecular weight excluding hydrogens is 1080 g/mol. The quantitative estimate of drug-likeness (QED) is 0.0878. The fraction of sp³-hybridized carbons (Fsp3) is 0.754. The van der Waals surface area contributed by atoms with Crippen molar-refractivity contribution < 1.29 is 0 Å². The van der Waals surface area contributed by atoms with E-state index in [-0.39, 0.29) is 0 Å². The maximum Gasteiger partial charge on any atom is 0.137 e. The first-order chi connectivity index (χ1) is 38.8. The number of H-pyrrole nitrogens is 3. The predicted molar refractivity (Wildman–Crippen MR) is 370 cm³/mol. The first-order valence-corrected chi connectivity index (χ1v) is 32.7. The molecule has 0 radical (unpaired) electrons. The second kappa shape index (κ2) is 62.6. The van der Waals surface area contributed by atoms with Crippen molar-refractivity contribution in [2.75, 3.05) is 0 Å². The van der Waals surface area contributed by atoms with Gasteiger partial charge in [0.1, 0.15) is 37.0 Å². The van der Waals surface area contributed by atoms with E-state index in [1.54, 1.807) is 46.2 Å². The van der Waals surface area contributed by atoms with E-state index in [0.717, 1.165) is 58.8 Å². The zero-order valence-corrected chi connectivity index (χ0v) is 62.2. The Kier molecular flexibility index (Phi) is 69.2. The summed E-state index contributed by atoms with van der Waals surface area (Å²) < 4.78 is 1.81. The predicted octanol–water partition coefficient (Wildman–Crippen LogP) is 19.9. The number of allylic oxidation sites excluding steroid dienone is 1. The highest BCUT2D eigenvalue weighted by molar-refractivity contribution is 7.09. The third-order valence-corrected chi connectivity index (χ3v) is 8.82. The Bertz CT molecular complexity index is 1670. The summed E-state index contributed by atoms with van der Waals surface area (Å²) in [7, 11) is 0. The van der Waals surface area contributed by atoms with Crippen molar-refractivity contribution in [3.05, 3.63) is 93.9 Å². The molecule has 0 bridgehead atoms. The maximum absolute atomic E-state index is 4.13. The van der Waals surface area contributed by atoms with Crippen molar-refractivity contribution in [3.8, 4) is 0 Å². The van der Waals surface area contributed by atoms with Gasteiger partial charge in [-0.25, -0.2) is 19.9 Å². The lowest BCUT2D eigenvalue weighted by Gasteiger charge is -2.03. The Morgan fingerprint density at radius 1 is 0.417 bits per heavy atom. The highest BCUT2D eigenvalue weighted by atomic mass is 32.1. The monoisotopic (exact) mass is 1220 g/mol. The minimum absolute atomic E-state index is 0.428. The molecule has 492 valence electrons. The molecule has 6 aromatic rings. The van der Waals surface area contributed by atoms with Crippen molar-refractivity contribution >= 4 is 22.7 Å². The van der Waals surface area contributed by atoms with Crippen LogP contribution in [0.3, 0.4) is 0 Å². The van der Waals surface area contributed by atoms with Crippen LogP contribution in [0, 0.1) is 47.3 Å². The molecule has 84 heavy (non-hydrogen) atoms. The SMILES string of the molecule is CC(C)C.CC(C)C.CC(C)C.CC(C)C.CC(C)C.CC(C)C.CC(C)C.CC(C)C1=CNNN1.CC(C)c1cn[nH]n1.CC(C)c1cncs1.CC(C)c1cscn1.CC(C)c1ncn[nH]1.CC(C)c1ncn[nH]1.CC(C)n1cncn1. The van der Waals surface area contributed by atoms with Gasteiger partial charge in [0.2, 0.25) is 0 Å². The van der Waals surface area contributed by atoms with Crippen molar-refractivity contribution in [2.45, 2.75) is 278 Å². The average molecular weight is 1220 g/mol. The van der Waals surface area contributed by atoms with Crippen LogP contribution in [-0.2, 0) is 0 Å². The average Bonchev–Trinajstić information content (AvgIpc) is 4.21. The molecule has 19 heteroatoms. The molecule has 0 spiro atoms. The molecule has 0 atom stereocenters. The van der Waals surface area contributed by atoms with E-state index in [9.17, 15) is 0 Å². The van der Waals surface area contributed by atoms with E-state index >= 15 is 0 Å². The van der Waals surface area contributed by atoms with Gasteiger partial charge < -0.3 is 10.9 Å². The lowest BCUT2D eigenvalue weighted by atomic mass is 10.2. The van der Waals surface area contributed by atoms with Crippen molar-refractivity contribution in [1.82, 2.24) is 86.9 Å². The van der Waals surface area contributed by atoms with Crippen LogP contribution in [0.4, 0.5) is 0 Å². The van der Waals surface area contributed by atoms with Crippen molar-refractivity contribution in [1.29, 1.82) is 0 Å². The van der Waals surface area contributed by atoms with E-state index in [1.165, 1.54) is 28.9 Å². The fourth-order valence-corrected chi connectivity index (χ4v) is 4.90. The third kappa shape index (κ3) is 85.9. The van der Waals surface area contributed by atoms with Gasteiger partial charge >= 0.3 is 0 Å². The van der Waals surface area contributed by atoms with Crippen LogP contribution in [0.1, 0.15) is 306 Å². The van der Waals surface area contributed by atoms with E-state index < -0.39 is 0 Å². The van der Waals surface area contributed by atoms with Gasteiger partial charge in [0.05, 0.1) is 28.6 Å². The topological polar surface area (TPSA) is 217 Å². The van der Waals surface area contributed by atoms with E-state index in [4.69, 9.17) is 0 Å². The van der Waals surface area contributed by atoms with E-state index in [1.807, 2.05) is 23.4 Å². The summed E-state index contributed by atoms with van der Waals surface area (Å²) in [5.74, 6) is 10.9. The molecule has 1 aliphatic heterocycles. The third-order valence-electron chi connectivity index (χ3n) is 7.14. The summed E-state index contributed by atoms with van der Waals surface area (Å²) in [6.07, 6.45) is 11.9. The number of rotatable bonds is 7. The molecule has 6 aromatic heterocycles. The highest BCUT2D eigenvalue weighted by Crippen LogP contribution is 2.17. The fourth-order valence-electron chi connectivity index (χ4n) is 3.55. The van der Waals surface area contributed by atoms with Crippen LogP contribution in [0.25, 0.3) is 0 Å². The van der Waals surface area contributed by atoms with Gasteiger partial charge in [0.25, 0.3) is 0 Å². The zero-order chi connectivity index (χ0) is 66.9. The molecule has 7 heterocycles. The molecule has 0 saturated carbocycles. The summed E-state index contributed by atoms with van der Waals surface area (Å²) in [6.45, 7) is 75.0. The molecule has 7 rings (SSSR count). The van der Waals surface area contributed by atoms with E-state index in [0.29, 0.717) is 41.5 Å². The van der Waals surface area contributed by atoms with Gasteiger partial charge in [-0.05, 0) is 78.9 Å². The van der Waals surface area contributed by atoms with Crippen LogP contribution in [0.15, 0.2) is 66.0 Å². The number of aromatic nitrogens is 14. The van der Waals surface area contributed by atoms with Crippen LogP contribution in [0.2, 0.25) is 0 Å². The maximum atomic E-state index is 4.13. The van der Waals surface area contributed by atoms with Crippen molar-refractivity contribution in [2.24, 2.45) is 47.3 Å². The highest BCUT2D eigenvalue weighted by Gasteiger charge is 2.05. The molecule has 0 unspecified atom stereocenters. The smallest absolute Gasteiger partial charge is 0.137 e. The Labute approximate surface area is 526 Å². The molecule has 0 aromatic carbocycles. The van der Waals surface area contributed by atoms with Crippen LogP contribution >= 0.6 is 22.7 Å². The summed E-state index contributed by atoms with van der Waals surface area (Å²) in [5.41, 5.74) is 15.7. The van der Waals surface area contributed by atoms with Crippen LogP contribution < -0.4 is 16.4 Å². The van der Waals surface area contributed by atoms with Gasteiger partial charge in [-0.15, -0.1) is 22.7 Å². The van der Waals surface area contributed by atoms with E-state index in [2.05, 4.69) is 330 Å². The standard InChI is InChI=1S/2C6H9NS.3C5H9N3.C5H11N3.C5H9N3.7C4H10/c1-5(2)6-3-8-4-7-6;1-5(2)6-3-7-4-8-6;1-5(2)8-4-6-3-7-8;2*1-4(2)5-6-3-7-8-5;2*1-4(2)5-3-6-8-7-5;7*1-4(2)3/h3*3-5H,1-2H3;2*3-4H,1-2H3,(H,6,7,8);3-4,6-8H,1-2H3;3-4H,1-2H3,(H,6,7,8);7*4H,1-3H3. The second-order valence-corrected chi connectivity index (χ2v) is 28.1. The lowest BCUT2D eigenvalue weighted by Crippen LogP contribution is -2.32. The first kappa shape index (κ1) is 92.8. The summed E-state index contributed by atoms with van der Waals surface area (Å²) >= 11 is 3.38. The van der Waals surface area contributed by atoms with Gasteiger partial charge in [-0.3, -0.25) is 19.9 Å². The zero-order valence-electron chi connectivity index (χ0n) is 60.6. The first-order valence-electron chi connectivity index (χ1n) is 30.9. The minimum atomic E-state index is 0.428. The molecule has 1 aliphatic rings. The molecule has 17 nitrogen and oxygen atoms in total. The number of thiazole rings is 2. The Morgan fingerprint density at radius 3 is 0.976 bits per heavy atom. The molecule has 0 saturated heterocycles. The van der Waals surface area contributed by atoms with Gasteiger partial charge in [0, 0.05) is 46.2 Å². The minimum Gasteiger partial charge on any atom is -0.310 e. The second-order valence-electron chi connectivity index (χ2n) is 26.5. The number of aromatic amines is 3. The Balaban J connectivity index is -0.000000154. The largest absolute Gasteiger partial charge is 0.310 e. The molecule has 0 aliphatic carbocycles. The van der Waals surface area contributed by atoms with Crippen LogP contribution in [0.5, 0.6) is 0 Å². The number of hydrazine groups is 2. The molecule has 0 amide bonds. The lowest BCUT2D eigenvalue weighted by molar-refractivity contribution is 0.531. The normalized spacial score (nSPS) is 10.6. The van der Waals surface area contributed by atoms with Gasteiger partial charge in [-0.2, -0.15) is 36.2 Å². The number of nitrogens with one attached hydrogen (secondary N) is 6. The molecule has 6 N–H and O–H groups in total. The summed E-state index contributed by atoms with van der Waals surface area (Å²) in [4.78, 5) is 21.2.